The molecule has 0 radical (unpaired) electrons. The van der Waals surface area contributed by atoms with Crippen LogP contribution in [-0.4, -0.2) is 58.0 Å². The Morgan fingerprint density at radius 1 is 1.22 bits per heavy atom. The SMILES string of the molecule is COCCOCC1CCN(S(=O)(=O)C(C)C)CC1. The summed E-state index contributed by atoms with van der Waals surface area (Å²) >= 11 is 0. The van der Waals surface area contributed by atoms with Gasteiger partial charge in [0.2, 0.25) is 10.0 Å². The highest BCUT2D eigenvalue weighted by molar-refractivity contribution is 7.89. The maximum atomic E-state index is 12.0. The zero-order valence-electron chi connectivity index (χ0n) is 11.6. The highest BCUT2D eigenvalue weighted by atomic mass is 32.2. The van der Waals surface area contributed by atoms with E-state index < -0.39 is 10.0 Å². The summed E-state index contributed by atoms with van der Waals surface area (Å²) in [4.78, 5) is 0. The molecule has 0 aliphatic carbocycles. The summed E-state index contributed by atoms with van der Waals surface area (Å²) in [6, 6.07) is 0. The minimum Gasteiger partial charge on any atom is -0.382 e. The molecule has 0 aromatic rings. The summed E-state index contributed by atoms with van der Waals surface area (Å²) in [5.41, 5.74) is 0. The minimum absolute atomic E-state index is 0.327. The normalized spacial score (nSPS) is 19.6. The molecule has 0 unspecified atom stereocenters. The molecule has 1 aliphatic rings. The van der Waals surface area contributed by atoms with Gasteiger partial charge in [0.05, 0.1) is 18.5 Å². The third-order valence-corrected chi connectivity index (χ3v) is 5.59. The van der Waals surface area contributed by atoms with E-state index in [1.165, 1.54) is 0 Å². The molecular weight excluding hydrogens is 254 g/mol. The second-order valence-electron chi connectivity index (χ2n) is 5.00. The van der Waals surface area contributed by atoms with E-state index in [1.807, 2.05) is 0 Å². The lowest BCUT2D eigenvalue weighted by Gasteiger charge is -2.32. The van der Waals surface area contributed by atoms with Crippen LogP contribution in [0.5, 0.6) is 0 Å². The van der Waals surface area contributed by atoms with Gasteiger partial charge in [-0.15, -0.1) is 0 Å². The first-order valence-corrected chi connectivity index (χ1v) is 8.04. The Morgan fingerprint density at radius 2 is 1.83 bits per heavy atom. The molecule has 0 amide bonds. The molecule has 0 N–H and O–H groups in total. The van der Waals surface area contributed by atoms with E-state index in [0.717, 1.165) is 12.8 Å². The summed E-state index contributed by atoms with van der Waals surface area (Å²) in [5, 5.41) is -0.327. The van der Waals surface area contributed by atoms with Gasteiger partial charge in [-0.3, -0.25) is 0 Å². The number of nitrogens with zero attached hydrogens (tertiary/aromatic N) is 1. The van der Waals surface area contributed by atoms with Gasteiger partial charge in [0.25, 0.3) is 0 Å². The van der Waals surface area contributed by atoms with Crippen LogP contribution in [0.3, 0.4) is 0 Å². The van der Waals surface area contributed by atoms with Gasteiger partial charge >= 0.3 is 0 Å². The average Bonchev–Trinajstić information content (AvgIpc) is 2.35. The largest absolute Gasteiger partial charge is 0.382 e. The molecule has 5 nitrogen and oxygen atoms in total. The molecule has 18 heavy (non-hydrogen) atoms. The highest BCUT2D eigenvalue weighted by Crippen LogP contribution is 2.21. The molecule has 1 rings (SSSR count). The second kappa shape index (κ2) is 7.43. The van der Waals surface area contributed by atoms with Gasteiger partial charge in [-0.25, -0.2) is 12.7 Å². The third-order valence-electron chi connectivity index (χ3n) is 3.31. The molecule has 0 aromatic heterocycles. The van der Waals surface area contributed by atoms with Gasteiger partial charge in [0.15, 0.2) is 0 Å². The fraction of sp³-hybridized carbons (Fsp3) is 1.00. The first-order chi connectivity index (χ1) is 8.48. The van der Waals surface area contributed by atoms with Crippen LogP contribution in [0.1, 0.15) is 26.7 Å². The lowest BCUT2D eigenvalue weighted by molar-refractivity contribution is 0.0410. The average molecular weight is 279 g/mol. The molecular formula is C12H25NO4S. The Bertz CT molecular complexity index is 321. The van der Waals surface area contributed by atoms with Crippen molar-refractivity contribution < 1.29 is 17.9 Å². The number of methoxy groups -OCH3 is 1. The summed E-state index contributed by atoms with van der Waals surface area (Å²) in [7, 11) is -1.43. The van der Waals surface area contributed by atoms with E-state index in [-0.39, 0.29) is 5.25 Å². The maximum Gasteiger partial charge on any atom is 0.216 e. The molecule has 6 heteroatoms. The van der Waals surface area contributed by atoms with Gasteiger partial charge in [-0.05, 0) is 32.6 Å². The maximum absolute atomic E-state index is 12.0. The summed E-state index contributed by atoms with van der Waals surface area (Å²) < 4.78 is 35.9. The first kappa shape index (κ1) is 15.9. The molecule has 1 fully saturated rings. The molecule has 0 bridgehead atoms. The Hall–Kier alpha value is -0.170. The van der Waals surface area contributed by atoms with Crippen molar-refractivity contribution in [2.45, 2.75) is 31.9 Å². The third kappa shape index (κ3) is 4.50. The number of hydrogen-bond donors (Lipinski definition) is 0. The zero-order chi connectivity index (χ0) is 13.6. The quantitative estimate of drug-likeness (QED) is 0.655. The lowest BCUT2D eigenvalue weighted by atomic mass is 9.99. The Balaban J connectivity index is 2.29. The molecule has 1 heterocycles. The minimum atomic E-state index is -3.08. The van der Waals surface area contributed by atoms with Crippen LogP contribution in [0.15, 0.2) is 0 Å². The predicted molar refractivity (Wildman–Crippen MR) is 71.0 cm³/mol. The van der Waals surface area contributed by atoms with Gasteiger partial charge in [0.1, 0.15) is 0 Å². The van der Waals surface area contributed by atoms with Crippen molar-refractivity contribution in [2.24, 2.45) is 5.92 Å². The van der Waals surface area contributed by atoms with Crippen LogP contribution in [-0.2, 0) is 19.5 Å². The van der Waals surface area contributed by atoms with E-state index in [4.69, 9.17) is 9.47 Å². The van der Waals surface area contributed by atoms with Crippen LogP contribution in [0, 0.1) is 5.92 Å². The van der Waals surface area contributed by atoms with Crippen LogP contribution < -0.4 is 0 Å². The summed E-state index contributed by atoms with van der Waals surface area (Å²) in [6.07, 6.45) is 1.78. The fourth-order valence-electron chi connectivity index (χ4n) is 2.02. The molecule has 0 spiro atoms. The number of sulfonamides is 1. The van der Waals surface area contributed by atoms with Gasteiger partial charge in [-0.2, -0.15) is 0 Å². The van der Waals surface area contributed by atoms with Crippen LogP contribution in [0.2, 0.25) is 0 Å². The standard InChI is InChI=1S/C12H25NO4S/c1-11(2)18(14,15)13-6-4-12(5-7-13)10-17-9-8-16-3/h11-12H,4-10H2,1-3H3. The number of ether oxygens (including phenoxy) is 2. The second-order valence-corrected chi connectivity index (χ2v) is 7.49. The van der Waals surface area contributed by atoms with Crippen LogP contribution in [0.25, 0.3) is 0 Å². The topological polar surface area (TPSA) is 55.8 Å². The monoisotopic (exact) mass is 279 g/mol. The van der Waals surface area contributed by atoms with Gasteiger partial charge < -0.3 is 9.47 Å². The Kier molecular flexibility index (Phi) is 6.55. The summed E-state index contributed by atoms with van der Waals surface area (Å²) in [6.45, 7) is 6.64. The van der Waals surface area contributed by atoms with Crippen molar-refractivity contribution in [2.75, 3.05) is 40.0 Å². The van der Waals surface area contributed by atoms with E-state index >= 15 is 0 Å². The predicted octanol–water partition coefficient (Wildman–Crippen LogP) is 1.10. The van der Waals surface area contributed by atoms with E-state index in [1.54, 1.807) is 25.3 Å². The zero-order valence-corrected chi connectivity index (χ0v) is 12.4. The molecule has 108 valence electrons. The number of rotatable bonds is 7. The van der Waals surface area contributed by atoms with Crippen molar-refractivity contribution in [3.05, 3.63) is 0 Å². The van der Waals surface area contributed by atoms with Gasteiger partial charge in [-0.1, -0.05) is 0 Å². The Morgan fingerprint density at radius 3 is 2.33 bits per heavy atom. The molecule has 0 aromatic carbocycles. The fourth-order valence-corrected chi connectivity index (χ4v) is 3.34. The molecule has 1 aliphatic heterocycles. The van der Waals surface area contributed by atoms with Crippen molar-refractivity contribution in [1.82, 2.24) is 4.31 Å². The molecule has 1 saturated heterocycles. The van der Waals surface area contributed by atoms with Crippen molar-refractivity contribution in [3.63, 3.8) is 0 Å². The van der Waals surface area contributed by atoms with Gasteiger partial charge in [0, 0.05) is 26.8 Å². The molecule has 0 saturated carbocycles. The smallest absolute Gasteiger partial charge is 0.216 e. The van der Waals surface area contributed by atoms with E-state index in [0.29, 0.717) is 38.8 Å². The van der Waals surface area contributed by atoms with Crippen molar-refractivity contribution in [3.8, 4) is 0 Å². The van der Waals surface area contributed by atoms with Crippen molar-refractivity contribution in [1.29, 1.82) is 0 Å². The van der Waals surface area contributed by atoms with Crippen LogP contribution in [0.4, 0.5) is 0 Å². The first-order valence-electron chi connectivity index (χ1n) is 6.54. The van der Waals surface area contributed by atoms with E-state index in [2.05, 4.69) is 0 Å². The summed E-state index contributed by atoms with van der Waals surface area (Å²) in [5.74, 6) is 0.473. The molecule has 0 atom stereocenters. The number of piperidine rings is 1. The van der Waals surface area contributed by atoms with Crippen LogP contribution >= 0.6 is 0 Å². The number of hydrogen-bond acceptors (Lipinski definition) is 4. The Labute approximate surface area is 110 Å². The lowest BCUT2D eigenvalue weighted by Crippen LogP contribution is -2.42. The van der Waals surface area contributed by atoms with Crippen molar-refractivity contribution >= 4 is 10.0 Å². The van der Waals surface area contributed by atoms with E-state index in [9.17, 15) is 8.42 Å². The highest BCUT2D eigenvalue weighted by Gasteiger charge is 2.29.